The molecule has 2 unspecified atom stereocenters. The summed E-state index contributed by atoms with van der Waals surface area (Å²) >= 11 is 0. The van der Waals surface area contributed by atoms with Gasteiger partial charge in [-0.2, -0.15) is 0 Å². The monoisotopic (exact) mass is 330 g/mol. The lowest BCUT2D eigenvalue weighted by Crippen LogP contribution is -2.26. The van der Waals surface area contributed by atoms with E-state index in [1.807, 2.05) is 30.3 Å². The van der Waals surface area contributed by atoms with E-state index in [-0.39, 0.29) is 12.4 Å². The van der Waals surface area contributed by atoms with E-state index in [0.29, 0.717) is 25.4 Å². The Morgan fingerprint density at radius 2 is 1.81 bits per heavy atom. The molecule has 116 valence electrons. The predicted molar refractivity (Wildman–Crippen MR) is 80.4 cm³/mol. The van der Waals surface area contributed by atoms with Gasteiger partial charge < -0.3 is 9.47 Å². The first-order chi connectivity index (χ1) is 10.0. The Bertz CT molecular complexity index is 567. The standard InChI is InChI=1S/C15H19ClO4S/c16-21(17,18)13-8-6-12(7-9-13)14-15(20-14)19-10-11-4-2-1-3-5-11/h1-5,12-15H,6-10H2. The smallest absolute Gasteiger partial charge is 0.235 e. The summed E-state index contributed by atoms with van der Waals surface area (Å²) in [6, 6.07) is 9.99. The Labute approximate surface area is 129 Å². The molecule has 0 radical (unpaired) electrons. The van der Waals surface area contributed by atoms with Gasteiger partial charge in [-0.3, -0.25) is 0 Å². The first-order valence-electron chi connectivity index (χ1n) is 7.28. The van der Waals surface area contributed by atoms with E-state index in [0.717, 1.165) is 18.4 Å². The van der Waals surface area contributed by atoms with Crippen LogP contribution < -0.4 is 0 Å². The van der Waals surface area contributed by atoms with E-state index in [2.05, 4.69) is 0 Å². The molecule has 4 nitrogen and oxygen atoms in total. The highest BCUT2D eigenvalue weighted by Crippen LogP contribution is 2.41. The minimum absolute atomic E-state index is 0.118. The molecule has 1 aromatic carbocycles. The van der Waals surface area contributed by atoms with Crippen LogP contribution in [0.2, 0.25) is 0 Å². The molecule has 1 aromatic rings. The van der Waals surface area contributed by atoms with Gasteiger partial charge in [0.05, 0.1) is 11.9 Å². The first-order valence-corrected chi connectivity index (χ1v) is 9.66. The van der Waals surface area contributed by atoms with Crippen molar-refractivity contribution >= 4 is 19.7 Å². The summed E-state index contributed by atoms with van der Waals surface area (Å²) in [5.41, 5.74) is 1.13. The second kappa shape index (κ2) is 6.24. The third-order valence-corrected chi connectivity index (χ3v) is 6.35. The molecule has 21 heavy (non-hydrogen) atoms. The average molecular weight is 331 g/mol. The van der Waals surface area contributed by atoms with Gasteiger partial charge in [-0.25, -0.2) is 8.42 Å². The maximum atomic E-state index is 11.3. The molecule has 2 aliphatic rings. The summed E-state index contributed by atoms with van der Waals surface area (Å²) in [5.74, 6) is 0.389. The van der Waals surface area contributed by atoms with Gasteiger partial charge in [-0.15, -0.1) is 0 Å². The molecule has 1 saturated heterocycles. The molecule has 1 saturated carbocycles. The summed E-state index contributed by atoms with van der Waals surface area (Å²) in [4.78, 5) is 0. The van der Waals surface area contributed by atoms with E-state index >= 15 is 0 Å². The fourth-order valence-electron chi connectivity index (χ4n) is 3.03. The molecule has 0 bridgehead atoms. The van der Waals surface area contributed by atoms with Crippen molar-refractivity contribution < 1.29 is 17.9 Å². The Morgan fingerprint density at radius 3 is 2.43 bits per heavy atom. The van der Waals surface area contributed by atoms with Crippen molar-refractivity contribution in [3.8, 4) is 0 Å². The van der Waals surface area contributed by atoms with Gasteiger partial charge in [0.2, 0.25) is 9.05 Å². The van der Waals surface area contributed by atoms with Crippen LogP contribution in [-0.4, -0.2) is 26.1 Å². The van der Waals surface area contributed by atoms with E-state index < -0.39 is 14.3 Å². The summed E-state index contributed by atoms with van der Waals surface area (Å²) in [6.07, 6.45) is 2.91. The lowest BCUT2D eigenvalue weighted by atomic mass is 9.86. The SMILES string of the molecule is O=S(=O)(Cl)C1CCC(C2OC2OCc2ccccc2)CC1. The second-order valence-electron chi connectivity index (χ2n) is 5.78. The van der Waals surface area contributed by atoms with Crippen molar-refractivity contribution in [2.24, 2.45) is 5.92 Å². The molecule has 2 fully saturated rings. The van der Waals surface area contributed by atoms with Crippen LogP contribution in [0.5, 0.6) is 0 Å². The molecular weight excluding hydrogens is 312 g/mol. The number of halogens is 1. The quantitative estimate of drug-likeness (QED) is 0.615. The summed E-state index contributed by atoms with van der Waals surface area (Å²) in [6.45, 7) is 0.549. The fourth-order valence-corrected chi connectivity index (χ4v) is 4.40. The highest BCUT2D eigenvalue weighted by atomic mass is 35.7. The second-order valence-corrected chi connectivity index (χ2v) is 8.69. The van der Waals surface area contributed by atoms with Crippen molar-refractivity contribution in [3.63, 3.8) is 0 Å². The van der Waals surface area contributed by atoms with Crippen LogP contribution in [0, 0.1) is 5.92 Å². The number of hydrogen-bond acceptors (Lipinski definition) is 4. The third-order valence-electron chi connectivity index (χ3n) is 4.32. The first kappa shape index (κ1) is 15.3. The molecule has 2 atom stereocenters. The molecule has 0 N–H and O–H groups in total. The zero-order valence-corrected chi connectivity index (χ0v) is 13.2. The Hall–Kier alpha value is -0.620. The Balaban J connectivity index is 1.42. The molecule has 1 heterocycles. The molecule has 0 spiro atoms. The molecule has 1 aliphatic heterocycles. The molecule has 0 aromatic heterocycles. The van der Waals surface area contributed by atoms with Crippen molar-refractivity contribution in [2.45, 2.75) is 49.9 Å². The lowest BCUT2D eigenvalue weighted by Gasteiger charge is -2.25. The topological polar surface area (TPSA) is 55.9 Å². The van der Waals surface area contributed by atoms with Gasteiger partial charge in [0.1, 0.15) is 6.10 Å². The number of benzene rings is 1. The van der Waals surface area contributed by atoms with E-state index in [4.69, 9.17) is 20.2 Å². The Morgan fingerprint density at radius 1 is 1.14 bits per heavy atom. The van der Waals surface area contributed by atoms with Gasteiger partial charge in [0.15, 0.2) is 6.29 Å². The average Bonchev–Trinajstić information content (AvgIpc) is 3.25. The summed E-state index contributed by atoms with van der Waals surface area (Å²) < 4.78 is 34.0. The van der Waals surface area contributed by atoms with E-state index in [1.54, 1.807) is 0 Å². The third kappa shape index (κ3) is 3.97. The molecule has 3 rings (SSSR count). The van der Waals surface area contributed by atoms with Crippen LogP contribution in [0.15, 0.2) is 30.3 Å². The number of epoxide rings is 1. The zero-order valence-electron chi connectivity index (χ0n) is 11.7. The van der Waals surface area contributed by atoms with Gasteiger partial charge in [-0.05, 0) is 37.2 Å². The molecule has 1 aliphatic carbocycles. The van der Waals surface area contributed by atoms with Gasteiger partial charge in [0.25, 0.3) is 0 Å². The van der Waals surface area contributed by atoms with Crippen LogP contribution >= 0.6 is 10.7 Å². The minimum Gasteiger partial charge on any atom is -0.345 e. The van der Waals surface area contributed by atoms with Gasteiger partial charge in [-0.1, -0.05) is 30.3 Å². The summed E-state index contributed by atoms with van der Waals surface area (Å²) in [5, 5.41) is -0.391. The van der Waals surface area contributed by atoms with Gasteiger partial charge in [0, 0.05) is 10.7 Å². The van der Waals surface area contributed by atoms with Crippen LogP contribution in [-0.2, 0) is 25.1 Å². The normalized spacial score (nSPS) is 32.8. The highest BCUT2D eigenvalue weighted by molar-refractivity contribution is 8.14. The minimum atomic E-state index is -3.41. The number of hydrogen-bond donors (Lipinski definition) is 0. The zero-order chi connectivity index (χ0) is 14.9. The van der Waals surface area contributed by atoms with Crippen LogP contribution in [0.3, 0.4) is 0 Å². The van der Waals surface area contributed by atoms with Crippen LogP contribution in [0.1, 0.15) is 31.2 Å². The highest BCUT2D eigenvalue weighted by Gasteiger charge is 2.47. The van der Waals surface area contributed by atoms with Crippen molar-refractivity contribution in [3.05, 3.63) is 35.9 Å². The molecule has 6 heteroatoms. The van der Waals surface area contributed by atoms with E-state index in [9.17, 15) is 8.42 Å². The number of rotatable bonds is 5. The molecular formula is C15H19ClO4S. The molecule has 0 amide bonds. The van der Waals surface area contributed by atoms with E-state index in [1.165, 1.54) is 0 Å². The summed E-state index contributed by atoms with van der Waals surface area (Å²) in [7, 11) is 2.00. The lowest BCUT2D eigenvalue weighted by molar-refractivity contribution is 0.0384. The maximum Gasteiger partial charge on any atom is 0.235 e. The van der Waals surface area contributed by atoms with Crippen molar-refractivity contribution in [1.82, 2.24) is 0 Å². The van der Waals surface area contributed by atoms with Crippen LogP contribution in [0.25, 0.3) is 0 Å². The largest absolute Gasteiger partial charge is 0.345 e. The van der Waals surface area contributed by atoms with Gasteiger partial charge >= 0.3 is 0 Å². The predicted octanol–water partition coefficient (Wildman–Crippen LogP) is 3.06. The van der Waals surface area contributed by atoms with Crippen molar-refractivity contribution in [2.75, 3.05) is 0 Å². The fraction of sp³-hybridized carbons (Fsp3) is 0.600. The maximum absolute atomic E-state index is 11.3. The van der Waals surface area contributed by atoms with Crippen LogP contribution in [0.4, 0.5) is 0 Å². The van der Waals surface area contributed by atoms with Crippen molar-refractivity contribution in [1.29, 1.82) is 0 Å². The number of ether oxygens (including phenoxy) is 2. The Kier molecular flexibility index (Phi) is 4.54.